The molecule has 1 N–H and O–H groups in total. The Bertz CT molecular complexity index is 931. The number of nitrogens with one attached hydrogen (secondary N) is 1. The van der Waals surface area contributed by atoms with Crippen LogP contribution in [0.5, 0.6) is 23.0 Å². The SMILES string of the molecule is O=C(COC(=O)c1cc(Cl)c2c(c1)OCO2)Nc1ccc2c(c1)OCCCO2. The predicted octanol–water partition coefficient (Wildman–Crippen LogP) is 3.03. The molecule has 4 rings (SSSR count). The van der Waals surface area contributed by atoms with Crippen LogP contribution in [0.1, 0.15) is 16.8 Å². The Morgan fingerprint density at radius 3 is 2.68 bits per heavy atom. The highest BCUT2D eigenvalue weighted by Gasteiger charge is 2.22. The van der Waals surface area contributed by atoms with Crippen LogP contribution >= 0.6 is 11.6 Å². The number of carbonyl (C=O) groups is 2. The molecule has 2 aliphatic heterocycles. The summed E-state index contributed by atoms with van der Waals surface area (Å²) in [6.45, 7) is 0.698. The maximum atomic E-state index is 12.2. The van der Waals surface area contributed by atoms with Crippen molar-refractivity contribution < 1.29 is 33.3 Å². The van der Waals surface area contributed by atoms with Gasteiger partial charge in [0.1, 0.15) is 0 Å². The molecule has 1 amide bonds. The van der Waals surface area contributed by atoms with E-state index in [1.54, 1.807) is 18.2 Å². The van der Waals surface area contributed by atoms with Crippen LogP contribution in [0.25, 0.3) is 0 Å². The Kier molecular flexibility index (Phi) is 5.12. The van der Waals surface area contributed by atoms with Crippen LogP contribution in [0.3, 0.4) is 0 Å². The second-order valence-corrected chi connectivity index (χ2v) is 6.44. The van der Waals surface area contributed by atoms with Crippen molar-refractivity contribution in [3.05, 3.63) is 40.9 Å². The van der Waals surface area contributed by atoms with Gasteiger partial charge in [-0.1, -0.05) is 11.6 Å². The van der Waals surface area contributed by atoms with Crippen molar-refractivity contribution in [2.45, 2.75) is 6.42 Å². The summed E-state index contributed by atoms with van der Waals surface area (Å²) in [7, 11) is 0. The van der Waals surface area contributed by atoms with E-state index in [1.165, 1.54) is 12.1 Å². The average molecular weight is 406 g/mol. The van der Waals surface area contributed by atoms with Gasteiger partial charge >= 0.3 is 5.97 Å². The van der Waals surface area contributed by atoms with Gasteiger partial charge in [-0.25, -0.2) is 4.79 Å². The molecular weight excluding hydrogens is 390 g/mol. The van der Waals surface area contributed by atoms with Gasteiger partial charge in [0.2, 0.25) is 6.79 Å². The highest BCUT2D eigenvalue weighted by atomic mass is 35.5. The van der Waals surface area contributed by atoms with Crippen LogP contribution in [-0.2, 0) is 9.53 Å². The second kappa shape index (κ2) is 7.85. The van der Waals surface area contributed by atoms with Crippen LogP contribution in [0, 0.1) is 0 Å². The van der Waals surface area contributed by atoms with E-state index >= 15 is 0 Å². The molecule has 0 aromatic heterocycles. The number of hydrogen-bond acceptors (Lipinski definition) is 7. The van der Waals surface area contributed by atoms with Gasteiger partial charge in [-0.3, -0.25) is 4.79 Å². The van der Waals surface area contributed by atoms with Crippen LogP contribution < -0.4 is 24.3 Å². The number of ether oxygens (including phenoxy) is 5. The fourth-order valence-electron chi connectivity index (χ4n) is 2.74. The number of benzene rings is 2. The fourth-order valence-corrected chi connectivity index (χ4v) is 3.00. The average Bonchev–Trinajstić information content (AvgIpc) is 3.04. The van der Waals surface area contributed by atoms with Gasteiger partial charge in [0.15, 0.2) is 29.6 Å². The smallest absolute Gasteiger partial charge is 0.338 e. The zero-order valence-electron chi connectivity index (χ0n) is 14.7. The molecule has 0 fully saturated rings. The molecule has 0 saturated carbocycles. The first-order valence-corrected chi connectivity index (χ1v) is 8.94. The lowest BCUT2D eigenvalue weighted by Crippen LogP contribution is -2.21. The van der Waals surface area contributed by atoms with Crippen LogP contribution in [0.4, 0.5) is 5.69 Å². The van der Waals surface area contributed by atoms with Crippen molar-refractivity contribution in [2.75, 3.05) is 31.9 Å². The number of esters is 1. The standard InChI is InChI=1S/C19H16ClNO7/c20-13-6-11(7-16-18(13)28-10-27-16)19(23)26-9-17(22)21-12-2-3-14-15(8-12)25-5-1-4-24-14/h2-3,6-8H,1,4-5,9-10H2,(H,21,22). The van der Waals surface area contributed by atoms with E-state index in [1.807, 2.05) is 0 Å². The summed E-state index contributed by atoms with van der Waals surface area (Å²) < 4.78 is 26.6. The molecule has 146 valence electrons. The number of carbonyl (C=O) groups excluding carboxylic acids is 2. The molecule has 0 atom stereocenters. The molecule has 9 heteroatoms. The first-order chi connectivity index (χ1) is 13.6. The van der Waals surface area contributed by atoms with Crippen molar-refractivity contribution in [3.63, 3.8) is 0 Å². The summed E-state index contributed by atoms with van der Waals surface area (Å²) in [4.78, 5) is 24.3. The zero-order valence-corrected chi connectivity index (χ0v) is 15.4. The van der Waals surface area contributed by atoms with Crippen LogP contribution in [0.2, 0.25) is 5.02 Å². The van der Waals surface area contributed by atoms with E-state index in [9.17, 15) is 9.59 Å². The fraction of sp³-hybridized carbons (Fsp3) is 0.263. The maximum absolute atomic E-state index is 12.2. The first kappa shape index (κ1) is 18.2. The van der Waals surface area contributed by atoms with E-state index in [-0.39, 0.29) is 17.4 Å². The zero-order chi connectivity index (χ0) is 19.5. The minimum Gasteiger partial charge on any atom is -0.490 e. The van der Waals surface area contributed by atoms with Crippen LogP contribution in [0.15, 0.2) is 30.3 Å². The number of amides is 1. The normalized spacial score (nSPS) is 14.2. The summed E-state index contributed by atoms with van der Waals surface area (Å²) in [5, 5.41) is 2.88. The Balaban J connectivity index is 1.35. The third-order valence-corrected chi connectivity index (χ3v) is 4.31. The molecule has 2 heterocycles. The molecule has 0 bridgehead atoms. The molecule has 0 radical (unpaired) electrons. The van der Waals surface area contributed by atoms with E-state index in [0.717, 1.165) is 6.42 Å². The third kappa shape index (κ3) is 3.91. The van der Waals surface area contributed by atoms with Gasteiger partial charge in [-0.05, 0) is 24.3 Å². The van der Waals surface area contributed by atoms with Gasteiger partial charge < -0.3 is 29.0 Å². The molecule has 0 unspecified atom stereocenters. The van der Waals surface area contributed by atoms with Crippen molar-refractivity contribution in [3.8, 4) is 23.0 Å². The molecule has 2 aromatic carbocycles. The lowest BCUT2D eigenvalue weighted by atomic mass is 10.2. The van der Waals surface area contributed by atoms with Crippen molar-refractivity contribution >= 4 is 29.2 Å². The number of halogens is 1. The molecule has 2 aromatic rings. The third-order valence-electron chi connectivity index (χ3n) is 4.03. The minimum absolute atomic E-state index is 0.0332. The monoisotopic (exact) mass is 405 g/mol. The van der Waals surface area contributed by atoms with Gasteiger partial charge in [-0.15, -0.1) is 0 Å². The summed E-state index contributed by atoms with van der Waals surface area (Å²) >= 11 is 6.04. The van der Waals surface area contributed by atoms with E-state index < -0.39 is 18.5 Å². The molecular formula is C19H16ClNO7. The van der Waals surface area contributed by atoms with E-state index in [4.69, 9.17) is 35.3 Å². The minimum atomic E-state index is -0.700. The molecule has 8 nitrogen and oxygen atoms in total. The summed E-state index contributed by atoms with van der Waals surface area (Å²) in [6.07, 6.45) is 0.788. The molecule has 0 spiro atoms. The molecule has 28 heavy (non-hydrogen) atoms. The largest absolute Gasteiger partial charge is 0.490 e. The topological polar surface area (TPSA) is 92.3 Å². The molecule has 0 saturated heterocycles. The maximum Gasteiger partial charge on any atom is 0.338 e. The highest BCUT2D eigenvalue weighted by molar-refractivity contribution is 6.32. The quantitative estimate of drug-likeness (QED) is 0.781. The Morgan fingerprint density at radius 1 is 1.00 bits per heavy atom. The Morgan fingerprint density at radius 2 is 1.82 bits per heavy atom. The molecule has 0 aliphatic carbocycles. The Labute approximate surface area is 165 Å². The highest BCUT2D eigenvalue weighted by Crippen LogP contribution is 2.40. The summed E-state index contributed by atoms with van der Waals surface area (Å²) in [5.41, 5.74) is 0.675. The summed E-state index contributed by atoms with van der Waals surface area (Å²) in [5.74, 6) is 0.731. The van der Waals surface area contributed by atoms with Crippen molar-refractivity contribution in [1.29, 1.82) is 0 Å². The molecule has 2 aliphatic rings. The van der Waals surface area contributed by atoms with Crippen molar-refractivity contribution in [1.82, 2.24) is 0 Å². The lowest BCUT2D eigenvalue weighted by molar-refractivity contribution is -0.119. The first-order valence-electron chi connectivity index (χ1n) is 8.56. The number of rotatable bonds is 4. The van der Waals surface area contributed by atoms with Gasteiger partial charge in [0.05, 0.1) is 23.8 Å². The van der Waals surface area contributed by atoms with Gasteiger partial charge in [-0.2, -0.15) is 0 Å². The summed E-state index contributed by atoms with van der Waals surface area (Å²) in [6, 6.07) is 7.93. The van der Waals surface area contributed by atoms with E-state index in [0.29, 0.717) is 41.9 Å². The Hall–Kier alpha value is -3.13. The van der Waals surface area contributed by atoms with Crippen molar-refractivity contribution in [2.24, 2.45) is 0 Å². The number of hydrogen-bond donors (Lipinski definition) is 1. The van der Waals surface area contributed by atoms with E-state index in [2.05, 4.69) is 5.32 Å². The van der Waals surface area contributed by atoms with Gasteiger partial charge in [0, 0.05) is 18.2 Å². The number of fused-ring (bicyclic) bond motifs is 2. The lowest BCUT2D eigenvalue weighted by Gasteiger charge is -2.11. The predicted molar refractivity (Wildman–Crippen MR) is 98.5 cm³/mol. The number of anilines is 1. The second-order valence-electron chi connectivity index (χ2n) is 6.03. The van der Waals surface area contributed by atoms with Crippen LogP contribution in [-0.4, -0.2) is 38.5 Å². The van der Waals surface area contributed by atoms with Gasteiger partial charge in [0.25, 0.3) is 5.91 Å².